The minimum Gasteiger partial charge on any atom is -0.444 e. The first-order valence-electron chi connectivity index (χ1n) is 12.1. The maximum absolute atomic E-state index is 11.9. The fourth-order valence-electron chi connectivity index (χ4n) is 3.07. The number of carbonyl (C=O) groups is 3. The van der Waals surface area contributed by atoms with Crippen molar-refractivity contribution in [2.24, 2.45) is 5.73 Å². The Balaban J connectivity index is 3.63. The number of nitrogens with two attached hydrogens (primary N) is 1. The number of rotatable bonds is 21. The van der Waals surface area contributed by atoms with Gasteiger partial charge in [0, 0.05) is 19.3 Å². The van der Waals surface area contributed by atoms with Gasteiger partial charge < -0.3 is 15.6 Å². The van der Waals surface area contributed by atoms with Crippen molar-refractivity contribution in [1.82, 2.24) is 4.90 Å². The Labute approximate surface area is 194 Å². The predicted molar refractivity (Wildman–Crippen MR) is 127 cm³/mol. The van der Waals surface area contributed by atoms with Crippen LogP contribution in [0.4, 0.5) is 0 Å². The SMILES string of the molecule is CCCCC/C=C\C/C=C\CCCCCCCC(=O)OCN(CO)C(=O)CCCC(N)=O. The summed E-state index contributed by atoms with van der Waals surface area (Å²) in [6.45, 7) is 1.41. The minimum atomic E-state index is -0.535. The summed E-state index contributed by atoms with van der Waals surface area (Å²) in [4.78, 5) is 35.4. The van der Waals surface area contributed by atoms with Crippen molar-refractivity contribution >= 4 is 17.8 Å². The van der Waals surface area contributed by atoms with Crippen LogP contribution in [0.15, 0.2) is 24.3 Å². The molecule has 0 aromatic heterocycles. The minimum absolute atomic E-state index is 0.0754. The lowest BCUT2D eigenvalue weighted by atomic mass is 10.1. The molecule has 3 N–H and O–H groups in total. The van der Waals surface area contributed by atoms with Crippen molar-refractivity contribution in [3.63, 3.8) is 0 Å². The first kappa shape index (κ1) is 29.9. The zero-order valence-electron chi connectivity index (χ0n) is 19.9. The quantitative estimate of drug-likeness (QED) is 0.113. The van der Waals surface area contributed by atoms with Gasteiger partial charge in [-0.05, 0) is 44.9 Å². The van der Waals surface area contributed by atoms with Crippen LogP contribution in [0.1, 0.15) is 103 Å². The molecule has 0 unspecified atom stereocenters. The van der Waals surface area contributed by atoms with Crippen LogP contribution in [-0.2, 0) is 19.1 Å². The summed E-state index contributed by atoms with van der Waals surface area (Å²) in [5.41, 5.74) is 5.03. The topological polar surface area (TPSA) is 110 Å². The van der Waals surface area contributed by atoms with Crippen LogP contribution in [-0.4, -0.2) is 41.3 Å². The van der Waals surface area contributed by atoms with Crippen LogP contribution < -0.4 is 5.73 Å². The van der Waals surface area contributed by atoms with Gasteiger partial charge in [0.25, 0.3) is 0 Å². The van der Waals surface area contributed by atoms with E-state index in [1.807, 2.05) is 0 Å². The molecule has 0 radical (unpaired) electrons. The fourth-order valence-corrected chi connectivity index (χ4v) is 3.07. The van der Waals surface area contributed by atoms with Crippen molar-refractivity contribution in [3.05, 3.63) is 24.3 Å². The number of primary amides is 1. The second-order valence-electron chi connectivity index (χ2n) is 8.02. The summed E-state index contributed by atoms with van der Waals surface area (Å²) >= 11 is 0. The van der Waals surface area contributed by atoms with Gasteiger partial charge in [-0.2, -0.15) is 0 Å². The summed E-state index contributed by atoms with van der Waals surface area (Å²) in [7, 11) is 0. The highest BCUT2D eigenvalue weighted by Gasteiger charge is 2.14. The molecule has 0 aliphatic carbocycles. The molecule has 0 heterocycles. The van der Waals surface area contributed by atoms with Crippen molar-refractivity contribution in [2.45, 2.75) is 103 Å². The van der Waals surface area contributed by atoms with Gasteiger partial charge >= 0.3 is 5.97 Å². The van der Waals surface area contributed by atoms with Gasteiger partial charge in [-0.15, -0.1) is 0 Å². The molecule has 0 fully saturated rings. The highest BCUT2D eigenvalue weighted by molar-refractivity contribution is 5.78. The van der Waals surface area contributed by atoms with Gasteiger partial charge in [0.15, 0.2) is 6.73 Å². The largest absolute Gasteiger partial charge is 0.444 e. The number of ether oxygens (including phenoxy) is 1. The smallest absolute Gasteiger partial charge is 0.307 e. The van der Waals surface area contributed by atoms with Crippen molar-refractivity contribution in [1.29, 1.82) is 0 Å². The summed E-state index contributed by atoms with van der Waals surface area (Å²) in [6.07, 6.45) is 22.1. The molecule has 0 saturated carbocycles. The normalized spacial score (nSPS) is 11.3. The standard InChI is InChI=1S/C25H44N2O5/c1-2-3-4-5-6-7-8-9-10-11-12-13-14-15-16-20-25(31)32-22-27(21-28)24(30)19-17-18-23(26)29/h6-7,9-10,28H,2-5,8,11-22H2,1H3,(H2,26,29)/b7-6-,10-9-. The molecule has 0 rings (SSSR count). The Morgan fingerprint density at radius 3 is 2.06 bits per heavy atom. The number of carbonyl (C=O) groups excluding carboxylic acids is 3. The zero-order chi connectivity index (χ0) is 23.9. The second kappa shape index (κ2) is 22.1. The third-order valence-electron chi connectivity index (χ3n) is 5.05. The number of allylic oxidation sites excluding steroid dienone is 4. The summed E-state index contributed by atoms with van der Waals surface area (Å²) in [6, 6.07) is 0. The second-order valence-corrected chi connectivity index (χ2v) is 8.02. The van der Waals surface area contributed by atoms with E-state index in [0.29, 0.717) is 12.8 Å². The van der Waals surface area contributed by atoms with Crippen LogP contribution in [0.2, 0.25) is 0 Å². The Kier molecular flexibility index (Phi) is 20.6. The van der Waals surface area contributed by atoms with Gasteiger partial charge in [-0.3, -0.25) is 19.3 Å². The van der Waals surface area contributed by atoms with Crippen molar-refractivity contribution in [3.8, 4) is 0 Å². The van der Waals surface area contributed by atoms with Crippen LogP contribution in [0.5, 0.6) is 0 Å². The van der Waals surface area contributed by atoms with E-state index in [2.05, 4.69) is 31.2 Å². The first-order chi connectivity index (χ1) is 15.5. The molecule has 7 heteroatoms. The van der Waals surface area contributed by atoms with Gasteiger partial charge in [0.1, 0.15) is 6.73 Å². The van der Waals surface area contributed by atoms with Crippen molar-refractivity contribution in [2.75, 3.05) is 13.5 Å². The molecule has 0 aliphatic rings. The van der Waals surface area contributed by atoms with Crippen LogP contribution in [0.25, 0.3) is 0 Å². The van der Waals surface area contributed by atoms with Gasteiger partial charge in [-0.1, -0.05) is 63.3 Å². The molecular weight excluding hydrogens is 408 g/mol. The number of aliphatic hydroxyl groups excluding tert-OH is 1. The van der Waals surface area contributed by atoms with E-state index in [0.717, 1.165) is 49.8 Å². The van der Waals surface area contributed by atoms with E-state index in [4.69, 9.17) is 10.5 Å². The average molecular weight is 453 g/mol. The van der Waals surface area contributed by atoms with Gasteiger partial charge in [0.2, 0.25) is 11.8 Å². The number of unbranched alkanes of at least 4 members (excludes halogenated alkanes) is 8. The Hall–Kier alpha value is -2.15. The van der Waals surface area contributed by atoms with Crippen molar-refractivity contribution < 1.29 is 24.2 Å². The zero-order valence-corrected chi connectivity index (χ0v) is 19.9. The number of hydrogen-bond acceptors (Lipinski definition) is 5. The predicted octanol–water partition coefficient (Wildman–Crippen LogP) is 4.73. The monoisotopic (exact) mass is 452 g/mol. The number of nitrogens with zero attached hydrogens (tertiary/aromatic N) is 1. The van der Waals surface area contributed by atoms with Crippen LogP contribution in [0, 0.1) is 0 Å². The molecule has 7 nitrogen and oxygen atoms in total. The molecule has 0 bridgehead atoms. The molecular formula is C25H44N2O5. The van der Waals surface area contributed by atoms with E-state index >= 15 is 0 Å². The van der Waals surface area contributed by atoms with E-state index < -0.39 is 12.6 Å². The molecule has 0 atom stereocenters. The maximum Gasteiger partial charge on any atom is 0.307 e. The number of esters is 1. The maximum atomic E-state index is 11.9. The average Bonchev–Trinajstić information content (AvgIpc) is 2.76. The molecule has 2 amide bonds. The van der Waals surface area contributed by atoms with E-state index in [1.165, 1.54) is 25.7 Å². The Morgan fingerprint density at radius 2 is 1.44 bits per heavy atom. The highest BCUT2D eigenvalue weighted by atomic mass is 16.5. The lowest BCUT2D eigenvalue weighted by molar-refractivity contribution is -0.156. The van der Waals surface area contributed by atoms with Crippen LogP contribution >= 0.6 is 0 Å². The fraction of sp³-hybridized carbons (Fsp3) is 0.720. The van der Waals surface area contributed by atoms with E-state index in [1.54, 1.807) is 0 Å². The number of hydrogen-bond donors (Lipinski definition) is 2. The first-order valence-corrected chi connectivity index (χ1v) is 12.1. The third kappa shape index (κ3) is 19.8. The van der Waals surface area contributed by atoms with Gasteiger partial charge in [0.05, 0.1) is 0 Å². The highest BCUT2D eigenvalue weighted by Crippen LogP contribution is 2.09. The summed E-state index contributed by atoms with van der Waals surface area (Å²) < 4.78 is 5.06. The molecule has 0 saturated heterocycles. The third-order valence-corrected chi connectivity index (χ3v) is 5.05. The summed E-state index contributed by atoms with van der Waals surface area (Å²) in [5.74, 6) is -1.23. The van der Waals surface area contributed by atoms with E-state index in [9.17, 15) is 19.5 Å². The Bertz CT molecular complexity index is 561. The lowest BCUT2D eigenvalue weighted by Crippen LogP contribution is -2.35. The molecule has 0 aromatic carbocycles. The van der Waals surface area contributed by atoms with E-state index in [-0.39, 0.29) is 31.4 Å². The molecule has 32 heavy (non-hydrogen) atoms. The molecule has 0 aliphatic heterocycles. The molecule has 184 valence electrons. The van der Waals surface area contributed by atoms with Crippen LogP contribution in [0.3, 0.4) is 0 Å². The Morgan fingerprint density at radius 1 is 0.812 bits per heavy atom. The number of aliphatic hydroxyl groups is 1. The number of amides is 2. The summed E-state index contributed by atoms with van der Waals surface area (Å²) in [5, 5.41) is 9.25. The lowest BCUT2D eigenvalue weighted by Gasteiger charge is -2.19. The molecule has 0 spiro atoms. The van der Waals surface area contributed by atoms with Gasteiger partial charge in [-0.25, -0.2) is 0 Å². The molecule has 0 aromatic rings.